The maximum absolute atomic E-state index is 12.0. The number of amides is 1. The summed E-state index contributed by atoms with van der Waals surface area (Å²) in [4.78, 5) is 16.2. The standard InChI is InChI=1S/C17H22N4O2/c1-13-15(12-20-21(13)16-9-5-6-10-18-16)23-17(22)19-11-14-7-3-2-4-8-14/h5-6,9-10,12,14H,2-4,7-8,11H2,1H3,(H,19,22). The Bertz CT molecular complexity index is 648. The van der Waals surface area contributed by atoms with Crippen LogP contribution in [0.25, 0.3) is 5.82 Å². The summed E-state index contributed by atoms with van der Waals surface area (Å²) in [6.45, 7) is 2.54. The lowest BCUT2D eigenvalue weighted by molar-refractivity contribution is 0.196. The summed E-state index contributed by atoms with van der Waals surface area (Å²) in [6, 6.07) is 5.59. The van der Waals surface area contributed by atoms with Crippen LogP contribution in [0, 0.1) is 12.8 Å². The van der Waals surface area contributed by atoms with Gasteiger partial charge >= 0.3 is 6.09 Å². The summed E-state index contributed by atoms with van der Waals surface area (Å²) in [7, 11) is 0. The van der Waals surface area contributed by atoms with Gasteiger partial charge < -0.3 is 10.1 Å². The van der Waals surface area contributed by atoms with Crippen LogP contribution in [-0.2, 0) is 0 Å². The highest BCUT2D eigenvalue weighted by molar-refractivity contribution is 5.70. The monoisotopic (exact) mass is 314 g/mol. The van der Waals surface area contributed by atoms with E-state index in [0.717, 1.165) is 5.69 Å². The Labute approximate surface area is 135 Å². The Morgan fingerprint density at radius 1 is 1.35 bits per heavy atom. The third kappa shape index (κ3) is 3.88. The molecule has 0 aliphatic heterocycles. The van der Waals surface area contributed by atoms with Gasteiger partial charge in [-0.15, -0.1) is 0 Å². The van der Waals surface area contributed by atoms with Gasteiger partial charge in [-0.25, -0.2) is 14.5 Å². The lowest BCUT2D eigenvalue weighted by Crippen LogP contribution is -2.32. The molecule has 0 saturated heterocycles. The molecule has 23 heavy (non-hydrogen) atoms. The minimum Gasteiger partial charge on any atom is -0.407 e. The van der Waals surface area contributed by atoms with Crippen LogP contribution in [0.4, 0.5) is 4.79 Å². The summed E-state index contributed by atoms with van der Waals surface area (Å²) in [5.41, 5.74) is 0.747. The van der Waals surface area contributed by atoms with E-state index in [2.05, 4.69) is 15.4 Å². The van der Waals surface area contributed by atoms with Crippen LogP contribution in [0.3, 0.4) is 0 Å². The molecule has 1 aliphatic carbocycles. The van der Waals surface area contributed by atoms with Crippen molar-refractivity contribution in [2.75, 3.05) is 6.54 Å². The molecule has 3 rings (SSSR count). The van der Waals surface area contributed by atoms with E-state index < -0.39 is 6.09 Å². The fourth-order valence-corrected chi connectivity index (χ4v) is 2.96. The van der Waals surface area contributed by atoms with Gasteiger partial charge in [0.25, 0.3) is 0 Å². The predicted octanol–water partition coefficient (Wildman–Crippen LogP) is 3.24. The Kier molecular flexibility index (Phi) is 4.90. The van der Waals surface area contributed by atoms with Crippen molar-refractivity contribution in [3.8, 4) is 11.6 Å². The van der Waals surface area contributed by atoms with E-state index >= 15 is 0 Å². The first-order valence-corrected chi connectivity index (χ1v) is 8.16. The van der Waals surface area contributed by atoms with Gasteiger partial charge in [-0.3, -0.25) is 0 Å². The molecule has 6 nitrogen and oxygen atoms in total. The number of rotatable bonds is 4. The molecule has 1 fully saturated rings. The summed E-state index contributed by atoms with van der Waals surface area (Å²) in [5, 5.41) is 7.10. The SMILES string of the molecule is Cc1c(OC(=O)NCC2CCCCC2)cnn1-c1ccccn1. The Morgan fingerprint density at radius 2 is 2.17 bits per heavy atom. The highest BCUT2D eigenvalue weighted by atomic mass is 16.6. The maximum atomic E-state index is 12.0. The number of carbonyl (C=O) groups is 1. The van der Waals surface area contributed by atoms with Gasteiger partial charge in [0.2, 0.25) is 0 Å². The first kappa shape index (κ1) is 15.5. The molecule has 0 atom stereocenters. The Hall–Kier alpha value is -2.37. The second-order valence-electron chi connectivity index (χ2n) is 5.97. The summed E-state index contributed by atoms with van der Waals surface area (Å²) in [6.07, 6.45) is 9.05. The Balaban J connectivity index is 1.57. The summed E-state index contributed by atoms with van der Waals surface area (Å²) >= 11 is 0. The van der Waals surface area contributed by atoms with Crippen molar-refractivity contribution in [3.63, 3.8) is 0 Å². The van der Waals surface area contributed by atoms with Crippen LogP contribution in [0.15, 0.2) is 30.6 Å². The molecule has 6 heteroatoms. The zero-order chi connectivity index (χ0) is 16.1. The van der Waals surface area contributed by atoms with Gasteiger partial charge in [-0.2, -0.15) is 5.10 Å². The molecule has 2 aromatic rings. The van der Waals surface area contributed by atoms with Crippen molar-refractivity contribution >= 4 is 6.09 Å². The number of nitrogens with one attached hydrogen (secondary N) is 1. The quantitative estimate of drug-likeness (QED) is 0.940. The minimum atomic E-state index is -0.417. The van der Waals surface area contributed by atoms with Crippen molar-refractivity contribution in [3.05, 3.63) is 36.3 Å². The molecule has 2 heterocycles. The van der Waals surface area contributed by atoms with E-state index in [4.69, 9.17) is 4.74 Å². The van der Waals surface area contributed by atoms with Crippen LogP contribution in [-0.4, -0.2) is 27.4 Å². The minimum absolute atomic E-state index is 0.417. The molecular weight excluding hydrogens is 292 g/mol. The zero-order valence-corrected chi connectivity index (χ0v) is 13.4. The van der Waals surface area contributed by atoms with E-state index in [1.165, 1.54) is 32.1 Å². The number of nitrogens with zero attached hydrogens (tertiary/aromatic N) is 3. The molecule has 0 radical (unpaired) electrons. The second-order valence-corrected chi connectivity index (χ2v) is 5.97. The van der Waals surface area contributed by atoms with E-state index in [-0.39, 0.29) is 0 Å². The topological polar surface area (TPSA) is 69.0 Å². The van der Waals surface area contributed by atoms with Gasteiger partial charge in [0.1, 0.15) is 0 Å². The number of hydrogen-bond acceptors (Lipinski definition) is 4. The van der Waals surface area contributed by atoms with Gasteiger partial charge in [-0.1, -0.05) is 25.3 Å². The fraction of sp³-hybridized carbons (Fsp3) is 0.471. The second kappa shape index (κ2) is 7.26. The fourth-order valence-electron chi connectivity index (χ4n) is 2.96. The average Bonchev–Trinajstić information content (AvgIpc) is 2.95. The molecule has 1 saturated carbocycles. The summed E-state index contributed by atoms with van der Waals surface area (Å²) in [5.74, 6) is 1.73. The smallest absolute Gasteiger partial charge is 0.407 e. The van der Waals surface area contributed by atoms with Crippen LogP contribution >= 0.6 is 0 Å². The number of hydrogen-bond donors (Lipinski definition) is 1. The lowest BCUT2D eigenvalue weighted by atomic mass is 9.89. The van der Waals surface area contributed by atoms with E-state index in [1.807, 2.05) is 25.1 Å². The van der Waals surface area contributed by atoms with E-state index in [9.17, 15) is 4.79 Å². The third-order valence-corrected chi connectivity index (χ3v) is 4.29. The number of carbonyl (C=O) groups excluding carboxylic acids is 1. The van der Waals surface area contributed by atoms with E-state index in [1.54, 1.807) is 17.1 Å². The van der Waals surface area contributed by atoms with Crippen molar-refractivity contribution < 1.29 is 9.53 Å². The molecule has 1 N–H and O–H groups in total. The predicted molar refractivity (Wildman–Crippen MR) is 86.7 cm³/mol. The molecule has 0 aromatic carbocycles. The highest BCUT2D eigenvalue weighted by Gasteiger charge is 2.17. The van der Waals surface area contributed by atoms with Gasteiger partial charge in [0, 0.05) is 12.7 Å². The summed E-state index contributed by atoms with van der Waals surface area (Å²) < 4.78 is 7.03. The van der Waals surface area contributed by atoms with Crippen molar-refractivity contribution in [2.24, 2.45) is 5.92 Å². The van der Waals surface area contributed by atoms with Gasteiger partial charge in [0.05, 0.1) is 11.9 Å². The number of pyridine rings is 1. The van der Waals surface area contributed by atoms with Gasteiger partial charge in [0.15, 0.2) is 11.6 Å². The molecule has 0 spiro atoms. The highest BCUT2D eigenvalue weighted by Crippen LogP contribution is 2.23. The van der Waals surface area contributed by atoms with Crippen molar-refractivity contribution in [2.45, 2.75) is 39.0 Å². The average molecular weight is 314 g/mol. The largest absolute Gasteiger partial charge is 0.412 e. The van der Waals surface area contributed by atoms with Gasteiger partial charge in [-0.05, 0) is 37.8 Å². The zero-order valence-electron chi connectivity index (χ0n) is 13.4. The molecular formula is C17H22N4O2. The third-order valence-electron chi connectivity index (χ3n) is 4.29. The molecule has 2 aromatic heterocycles. The molecule has 1 amide bonds. The molecule has 122 valence electrons. The first-order chi connectivity index (χ1) is 11.2. The van der Waals surface area contributed by atoms with Crippen LogP contribution in [0.5, 0.6) is 5.75 Å². The van der Waals surface area contributed by atoms with E-state index in [0.29, 0.717) is 24.0 Å². The van der Waals surface area contributed by atoms with Crippen LogP contribution in [0.1, 0.15) is 37.8 Å². The molecule has 0 bridgehead atoms. The Morgan fingerprint density at radius 3 is 2.91 bits per heavy atom. The van der Waals surface area contributed by atoms with Crippen molar-refractivity contribution in [1.82, 2.24) is 20.1 Å². The number of aromatic nitrogens is 3. The van der Waals surface area contributed by atoms with Crippen LogP contribution < -0.4 is 10.1 Å². The van der Waals surface area contributed by atoms with Crippen molar-refractivity contribution in [1.29, 1.82) is 0 Å². The molecule has 1 aliphatic rings. The first-order valence-electron chi connectivity index (χ1n) is 8.16. The normalized spacial score (nSPS) is 15.3. The maximum Gasteiger partial charge on any atom is 0.412 e. The molecule has 0 unspecified atom stereocenters. The lowest BCUT2D eigenvalue weighted by Gasteiger charge is -2.21. The number of ether oxygens (including phenoxy) is 1. The van der Waals surface area contributed by atoms with Crippen LogP contribution in [0.2, 0.25) is 0 Å².